The van der Waals surface area contributed by atoms with Crippen LogP contribution in [0.1, 0.15) is 0 Å². The summed E-state index contributed by atoms with van der Waals surface area (Å²) in [5.74, 6) is 0. The Hall–Kier alpha value is -3.48. The zero-order valence-electron chi connectivity index (χ0n) is 22.6. The Bertz CT molecular complexity index is 1810. The van der Waals surface area contributed by atoms with Gasteiger partial charge >= 0.3 is 0 Å². The summed E-state index contributed by atoms with van der Waals surface area (Å²) in [6.45, 7) is -2.24. The quantitative estimate of drug-likeness (QED) is 0.168. The van der Waals surface area contributed by atoms with Gasteiger partial charge in [0, 0.05) is 0 Å². The molecule has 0 aliphatic heterocycles. The van der Waals surface area contributed by atoms with Crippen LogP contribution < -0.4 is 0 Å². The second-order valence-electron chi connectivity index (χ2n) is 8.91. The van der Waals surface area contributed by atoms with E-state index in [9.17, 15) is 33.7 Å². The van der Waals surface area contributed by atoms with E-state index < -0.39 is 65.9 Å². The summed E-state index contributed by atoms with van der Waals surface area (Å²) in [5, 5.41) is 0. The van der Waals surface area contributed by atoms with E-state index in [1.54, 1.807) is 12.1 Å². The topological polar surface area (TPSA) is 173 Å². The lowest BCUT2D eigenvalue weighted by Gasteiger charge is -2.26. The molecular weight excluding hydrogens is 657 g/mol. The molecule has 0 aromatic heterocycles. The van der Waals surface area contributed by atoms with Gasteiger partial charge < -0.3 is 0 Å². The summed E-state index contributed by atoms with van der Waals surface area (Å²) in [7, 11) is -18.5. The van der Waals surface area contributed by atoms with Crippen LogP contribution in [0.4, 0.5) is 0 Å². The molecule has 0 heterocycles. The smallest absolute Gasteiger partial charge is 0.263 e. The van der Waals surface area contributed by atoms with Crippen molar-refractivity contribution in [3.05, 3.63) is 121 Å². The van der Waals surface area contributed by atoms with Crippen molar-refractivity contribution in [3.8, 4) is 0 Å². The van der Waals surface area contributed by atoms with Gasteiger partial charge in [0.15, 0.2) is 0 Å². The van der Waals surface area contributed by atoms with Crippen molar-refractivity contribution in [3.63, 3.8) is 0 Å². The van der Waals surface area contributed by atoms with Gasteiger partial charge in [-0.15, -0.1) is 0 Å². The first-order valence-electron chi connectivity index (χ1n) is 12.7. The van der Waals surface area contributed by atoms with Crippen LogP contribution in [-0.2, 0) is 57.2 Å². The maximum Gasteiger partial charge on any atom is 0.297 e. The van der Waals surface area contributed by atoms with Crippen molar-refractivity contribution in [2.45, 2.75) is 31.8 Å². The normalized spacial score (nSPS) is 14.1. The van der Waals surface area contributed by atoms with Gasteiger partial charge in [0.1, 0.15) is 12.2 Å². The molecule has 0 N–H and O–H groups in total. The van der Waals surface area contributed by atoms with E-state index in [0.717, 1.165) is 0 Å². The molecule has 2 atom stereocenters. The van der Waals surface area contributed by atoms with Crippen LogP contribution in [0.25, 0.3) is 0 Å². The third kappa shape index (κ3) is 8.80. The highest BCUT2D eigenvalue weighted by molar-refractivity contribution is 7.87. The van der Waals surface area contributed by atoms with Crippen molar-refractivity contribution >= 4 is 40.5 Å². The molecule has 0 unspecified atom stereocenters. The number of benzene rings is 4. The zero-order valence-corrected chi connectivity index (χ0v) is 25.9. The summed E-state index contributed by atoms with van der Waals surface area (Å²) in [5.41, 5.74) is 0. The Labute approximate surface area is 256 Å². The molecule has 0 saturated carbocycles. The highest BCUT2D eigenvalue weighted by atomic mass is 32.2. The molecule has 0 spiro atoms. The highest BCUT2D eigenvalue weighted by Crippen LogP contribution is 2.24. The molecule has 44 heavy (non-hydrogen) atoms. The SMILES string of the molecule is O=S(=O)(OC[C@H](OS(=O)(=O)c1ccccc1)[C@@H](COS(=O)(=O)c1ccccc1)OS(=O)(=O)c1ccccc1)c1ccccc1. The molecular formula is C28H26O12S4. The van der Waals surface area contributed by atoms with Gasteiger partial charge in [-0.2, -0.15) is 33.7 Å². The molecule has 234 valence electrons. The third-order valence-electron chi connectivity index (χ3n) is 5.82. The fourth-order valence-electron chi connectivity index (χ4n) is 3.63. The lowest BCUT2D eigenvalue weighted by molar-refractivity contribution is 0.00820. The molecule has 0 amide bonds. The van der Waals surface area contributed by atoms with Gasteiger partial charge in [-0.25, -0.2) is 0 Å². The minimum atomic E-state index is -4.72. The lowest BCUT2D eigenvalue weighted by Crippen LogP contribution is -2.42. The van der Waals surface area contributed by atoms with Crippen molar-refractivity contribution in [2.24, 2.45) is 0 Å². The summed E-state index contributed by atoms with van der Waals surface area (Å²) in [6, 6.07) is 27.0. The first kappa shape index (κ1) is 33.4. The molecule has 4 aromatic rings. The number of hydrogen-bond acceptors (Lipinski definition) is 12. The lowest BCUT2D eigenvalue weighted by atomic mass is 10.2. The van der Waals surface area contributed by atoms with Crippen LogP contribution >= 0.6 is 0 Å². The average Bonchev–Trinajstić information content (AvgIpc) is 3.03. The van der Waals surface area contributed by atoms with Gasteiger partial charge in [-0.3, -0.25) is 16.7 Å². The second-order valence-corrected chi connectivity index (χ2v) is 15.3. The Morgan fingerprint density at radius 1 is 0.364 bits per heavy atom. The fourth-order valence-corrected chi connectivity index (χ4v) is 7.72. The predicted molar refractivity (Wildman–Crippen MR) is 156 cm³/mol. The van der Waals surface area contributed by atoms with E-state index in [4.69, 9.17) is 16.7 Å². The highest BCUT2D eigenvalue weighted by Gasteiger charge is 2.37. The van der Waals surface area contributed by atoms with Crippen molar-refractivity contribution in [1.82, 2.24) is 0 Å². The zero-order chi connectivity index (χ0) is 31.8. The molecule has 0 radical (unpaired) electrons. The third-order valence-corrected chi connectivity index (χ3v) is 11.1. The minimum Gasteiger partial charge on any atom is -0.263 e. The summed E-state index contributed by atoms with van der Waals surface area (Å²) < 4.78 is 125. The standard InChI is InChI=1S/C28H26O12S4/c29-41(30,23-13-5-1-6-14-23)37-21-27(39-43(33,34)25-17-9-3-10-18-25)28(40-44(35,36)26-19-11-4-12-20-26)22-38-42(31,32)24-15-7-2-8-16-24/h1-20,27-28H,21-22H2/t27-,28+. The van der Waals surface area contributed by atoms with Crippen LogP contribution in [0, 0.1) is 0 Å². The second kappa shape index (κ2) is 14.1. The van der Waals surface area contributed by atoms with E-state index in [1.807, 2.05) is 0 Å². The fraction of sp³-hybridized carbons (Fsp3) is 0.143. The molecule has 0 fully saturated rings. The van der Waals surface area contributed by atoms with Crippen LogP contribution in [0.2, 0.25) is 0 Å². The summed E-state index contributed by atoms with van der Waals surface area (Å²) in [6.07, 6.45) is -4.13. The minimum absolute atomic E-state index is 0.290. The van der Waals surface area contributed by atoms with E-state index in [1.165, 1.54) is 109 Å². The first-order valence-corrected chi connectivity index (χ1v) is 18.3. The van der Waals surface area contributed by atoms with Gasteiger partial charge in [0.05, 0.1) is 32.8 Å². The summed E-state index contributed by atoms with van der Waals surface area (Å²) in [4.78, 5) is -1.30. The van der Waals surface area contributed by atoms with Crippen LogP contribution in [0.3, 0.4) is 0 Å². The van der Waals surface area contributed by atoms with Crippen molar-refractivity contribution in [2.75, 3.05) is 13.2 Å². The van der Waals surface area contributed by atoms with E-state index in [0.29, 0.717) is 0 Å². The van der Waals surface area contributed by atoms with Gasteiger partial charge in [-0.05, 0) is 48.5 Å². The predicted octanol–water partition coefficient (Wildman–Crippen LogP) is 3.35. The monoisotopic (exact) mass is 682 g/mol. The van der Waals surface area contributed by atoms with Crippen LogP contribution in [0.5, 0.6) is 0 Å². The largest absolute Gasteiger partial charge is 0.297 e. The van der Waals surface area contributed by atoms with Crippen molar-refractivity contribution < 1.29 is 50.4 Å². The first-order chi connectivity index (χ1) is 20.8. The maximum absolute atomic E-state index is 13.2. The molecule has 0 aliphatic carbocycles. The van der Waals surface area contributed by atoms with E-state index in [2.05, 4.69) is 0 Å². The summed E-state index contributed by atoms with van der Waals surface area (Å²) >= 11 is 0. The Kier molecular flexibility index (Phi) is 10.7. The molecule has 0 saturated heterocycles. The van der Waals surface area contributed by atoms with Crippen LogP contribution in [-0.4, -0.2) is 59.1 Å². The molecule has 12 nitrogen and oxygen atoms in total. The van der Waals surface area contributed by atoms with Crippen molar-refractivity contribution in [1.29, 1.82) is 0 Å². The van der Waals surface area contributed by atoms with Gasteiger partial charge in [0.2, 0.25) is 0 Å². The molecule has 4 aromatic carbocycles. The molecule has 0 aliphatic rings. The number of hydrogen-bond donors (Lipinski definition) is 0. The van der Waals surface area contributed by atoms with Gasteiger partial charge in [-0.1, -0.05) is 72.8 Å². The molecule has 16 heteroatoms. The van der Waals surface area contributed by atoms with E-state index >= 15 is 0 Å². The molecule has 4 rings (SSSR count). The maximum atomic E-state index is 13.2. The average molecular weight is 683 g/mol. The Morgan fingerprint density at radius 2 is 0.591 bits per heavy atom. The Morgan fingerprint density at radius 3 is 0.841 bits per heavy atom. The van der Waals surface area contributed by atoms with Crippen LogP contribution in [0.15, 0.2) is 141 Å². The van der Waals surface area contributed by atoms with Gasteiger partial charge in [0.25, 0.3) is 40.5 Å². The van der Waals surface area contributed by atoms with E-state index in [-0.39, 0.29) is 19.6 Å². The Balaban J connectivity index is 1.73. The number of rotatable bonds is 15. The molecule has 0 bridgehead atoms.